The first-order chi connectivity index (χ1) is 5.86. The molecule has 1 aliphatic carbocycles. The van der Waals surface area contributed by atoms with Crippen molar-refractivity contribution < 1.29 is 0 Å². The van der Waals surface area contributed by atoms with Gasteiger partial charge in [0.05, 0.1) is 0 Å². The molecule has 1 aliphatic rings. The van der Waals surface area contributed by atoms with Crippen molar-refractivity contribution in [3.63, 3.8) is 0 Å². The van der Waals surface area contributed by atoms with E-state index >= 15 is 0 Å². The van der Waals surface area contributed by atoms with E-state index < -0.39 is 0 Å². The van der Waals surface area contributed by atoms with Crippen LogP contribution in [0.5, 0.6) is 0 Å². The quantitative estimate of drug-likeness (QED) is 0.789. The highest BCUT2D eigenvalue weighted by Crippen LogP contribution is 2.20. The highest BCUT2D eigenvalue weighted by atomic mass is 35.5. The summed E-state index contributed by atoms with van der Waals surface area (Å²) in [5, 5.41) is 4.01. The molecule has 1 heterocycles. The Bertz CT molecular complexity index is 274. The Labute approximate surface area is 89.1 Å². The van der Waals surface area contributed by atoms with Crippen LogP contribution in [0.4, 0.5) is 0 Å². The number of rotatable bonds is 3. The number of aromatic nitrogens is 1. The Balaban J connectivity index is 0.000000845. The maximum Gasteiger partial charge on any atom is 0.133 e. The van der Waals surface area contributed by atoms with Crippen molar-refractivity contribution in [2.75, 3.05) is 0 Å². The molecule has 72 valence electrons. The molecular formula is C9H12Cl2N2. The number of halogens is 2. The predicted molar refractivity (Wildman–Crippen MR) is 56.4 cm³/mol. The zero-order valence-electron chi connectivity index (χ0n) is 7.16. The van der Waals surface area contributed by atoms with Gasteiger partial charge in [-0.1, -0.05) is 17.7 Å². The summed E-state index contributed by atoms with van der Waals surface area (Å²) in [6, 6.07) is 4.64. The summed E-state index contributed by atoms with van der Waals surface area (Å²) in [4.78, 5) is 4.00. The van der Waals surface area contributed by atoms with Crippen LogP contribution in [-0.2, 0) is 6.54 Å². The molecular weight excluding hydrogens is 207 g/mol. The van der Waals surface area contributed by atoms with Gasteiger partial charge in [0.15, 0.2) is 0 Å². The number of hydrogen-bond acceptors (Lipinski definition) is 2. The first-order valence-corrected chi connectivity index (χ1v) is 4.57. The molecule has 0 saturated heterocycles. The van der Waals surface area contributed by atoms with Crippen molar-refractivity contribution in [3.8, 4) is 0 Å². The van der Waals surface area contributed by atoms with Crippen molar-refractivity contribution in [2.45, 2.75) is 25.4 Å². The fourth-order valence-corrected chi connectivity index (χ4v) is 1.28. The molecule has 1 aromatic rings. The summed E-state index contributed by atoms with van der Waals surface area (Å²) in [5.41, 5.74) is 1.09. The fourth-order valence-electron chi connectivity index (χ4n) is 1.09. The first-order valence-electron chi connectivity index (χ1n) is 4.19. The highest BCUT2D eigenvalue weighted by molar-refractivity contribution is 6.30. The van der Waals surface area contributed by atoms with Crippen LogP contribution in [-0.4, -0.2) is 11.0 Å². The molecule has 1 aromatic heterocycles. The van der Waals surface area contributed by atoms with Gasteiger partial charge in [0.1, 0.15) is 5.15 Å². The monoisotopic (exact) mass is 218 g/mol. The summed E-state index contributed by atoms with van der Waals surface area (Å²) in [6.45, 7) is 0.845. The molecule has 13 heavy (non-hydrogen) atoms. The Morgan fingerprint density at radius 3 is 2.92 bits per heavy atom. The molecule has 1 saturated carbocycles. The molecule has 0 radical (unpaired) electrons. The van der Waals surface area contributed by atoms with Gasteiger partial charge in [0, 0.05) is 24.3 Å². The molecule has 1 fully saturated rings. The van der Waals surface area contributed by atoms with Gasteiger partial charge in [-0.25, -0.2) is 4.98 Å². The summed E-state index contributed by atoms with van der Waals surface area (Å²) >= 11 is 5.88. The van der Waals surface area contributed by atoms with Crippen molar-refractivity contribution in [2.24, 2.45) is 0 Å². The van der Waals surface area contributed by atoms with Gasteiger partial charge in [-0.2, -0.15) is 0 Å². The van der Waals surface area contributed by atoms with Gasteiger partial charge in [-0.3, -0.25) is 0 Å². The van der Waals surface area contributed by atoms with Gasteiger partial charge in [0.25, 0.3) is 0 Å². The van der Waals surface area contributed by atoms with E-state index in [1.807, 2.05) is 12.1 Å². The van der Waals surface area contributed by atoms with E-state index in [4.69, 9.17) is 11.6 Å². The van der Waals surface area contributed by atoms with Gasteiger partial charge in [-0.15, -0.1) is 12.4 Å². The van der Waals surface area contributed by atoms with Crippen molar-refractivity contribution in [1.82, 2.24) is 10.3 Å². The van der Waals surface area contributed by atoms with Crippen LogP contribution in [0.25, 0.3) is 0 Å². The summed E-state index contributed by atoms with van der Waals surface area (Å²) in [7, 11) is 0. The average molecular weight is 219 g/mol. The number of nitrogens with one attached hydrogen (secondary N) is 1. The maximum absolute atomic E-state index is 5.88. The predicted octanol–water partition coefficient (Wildman–Crippen LogP) is 2.41. The fraction of sp³-hybridized carbons (Fsp3) is 0.444. The van der Waals surface area contributed by atoms with E-state index in [0.717, 1.165) is 18.2 Å². The summed E-state index contributed by atoms with van der Waals surface area (Å²) in [6.07, 6.45) is 4.32. The van der Waals surface area contributed by atoms with Crippen LogP contribution < -0.4 is 5.32 Å². The average Bonchev–Trinajstić information content (AvgIpc) is 2.86. The third-order valence-corrected chi connectivity index (χ3v) is 2.34. The second-order valence-electron chi connectivity index (χ2n) is 3.11. The minimum atomic E-state index is 0. The standard InChI is InChI=1S/C9H11ClN2.ClH/c10-9-7(2-1-5-11-9)6-12-8-3-4-8;/h1-2,5,8,12H,3-4,6H2;1H. The lowest BCUT2D eigenvalue weighted by atomic mass is 10.3. The Kier molecular flexibility index (Phi) is 3.97. The van der Waals surface area contributed by atoms with Gasteiger partial charge < -0.3 is 5.32 Å². The third kappa shape index (κ3) is 3.14. The lowest BCUT2D eigenvalue weighted by Crippen LogP contribution is -2.15. The molecule has 4 heteroatoms. The zero-order valence-corrected chi connectivity index (χ0v) is 8.74. The molecule has 2 nitrogen and oxygen atoms in total. The number of nitrogens with zero attached hydrogens (tertiary/aromatic N) is 1. The Hall–Kier alpha value is -0.310. The topological polar surface area (TPSA) is 24.9 Å². The largest absolute Gasteiger partial charge is 0.310 e. The molecule has 0 unspecified atom stereocenters. The van der Waals surface area contributed by atoms with Crippen LogP contribution in [0.2, 0.25) is 5.15 Å². The zero-order chi connectivity index (χ0) is 8.39. The van der Waals surface area contributed by atoms with Crippen LogP contribution in [0.1, 0.15) is 18.4 Å². The molecule has 0 atom stereocenters. The lowest BCUT2D eigenvalue weighted by molar-refractivity contribution is 0.686. The first kappa shape index (κ1) is 10.8. The van der Waals surface area contributed by atoms with Crippen molar-refractivity contribution >= 4 is 24.0 Å². The van der Waals surface area contributed by atoms with E-state index in [1.165, 1.54) is 12.8 Å². The molecule has 0 aliphatic heterocycles. The van der Waals surface area contributed by atoms with Crippen LogP contribution in [0.3, 0.4) is 0 Å². The molecule has 0 aromatic carbocycles. The lowest BCUT2D eigenvalue weighted by Gasteiger charge is -2.03. The van der Waals surface area contributed by atoms with E-state index in [2.05, 4.69) is 10.3 Å². The Morgan fingerprint density at radius 2 is 2.31 bits per heavy atom. The Morgan fingerprint density at radius 1 is 1.54 bits per heavy atom. The number of hydrogen-bond donors (Lipinski definition) is 1. The van der Waals surface area contributed by atoms with E-state index in [9.17, 15) is 0 Å². The van der Waals surface area contributed by atoms with Gasteiger partial charge in [0.2, 0.25) is 0 Å². The molecule has 1 N–H and O–H groups in total. The summed E-state index contributed by atoms with van der Waals surface area (Å²) < 4.78 is 0. The van der Waals surface area contributed by atoms with E-state index in [-0.39, 0.29) is 12.4 Å². The second kappa shape index (κ2) is 4.80. The van der Waals surface area contributed by atoms with E-state index in [0.29, 0.717) is 5.15 Å². The van der Waals surface area contributed by atoms with Gasteiger partial charge >= 0.3 is 0 Å². The third-order valence-electron chi connectivity index (χ3n) is 1.99. The minimum absolute atomic E-state index is 0. The normalized spacial score (nSPS) is 15.2. The smallest absolute Gasteiger partial charge is 0.133 e. The van der Waals surface area contributed by atoms with Crippen molar-refractivity contribution in [3.05, 3.63) is 29.0 Å². The van der Waals surface area contributed by atoms with E-state index in [1.54, 1.807) is 6.20 Å². The highest BCUT2D eigenvalue weighted by Gasteiger charge is 2.20. The maximum atomic E-state index is 5.88. The summed E-state index contributed by atoms with van der Waals surface area (Å²) in [5.74, 6) is 0. The molecule has 0 amide bonds. The minimum Gasteiger partial charge on any atom is -0.310 e. The van der Waals surface area contributed by atoms with Gasteiger partial charge in [-0.05, 0) is 18.9 Å². The van der Waals surface area contributed by atoms with Crippen molar-refractivity contribution in [1.29, 1.82) is 0 Å². The van der Waals surface area contributed by atoms with Crippen LogP contribution >= 0.6 is 24.0 Å². The molecule has 0 bridgehead atoms. The van der Waals surface area contributed by atoms with Crippen LogP contribution in [0, 0.1) is 0 Å². The number of pyridine rings is 1. The SMILES string of the molecule is Cl.Clc1ncccc1CNC1CC1. The van der Waals surface area contributed by atoms with Crippen LogP contribution in [0.15, 0.2) is 18.3 Å². The second-order valence-corrected chi connectivity index (χ2v) is 3.47. The molecule has 0 spiro atoms. The molecule has 2 rings (SSSR count).